The summed E-state index contributed by atoms with van der Waals surface area (Å²) in [7, 11) is 0. The summed E-state index contributed by atoms with van der Waals surface area (Å²) in [6.45, 7) is 0. The largest absolute Gasteiger partial charge is 0.321 e. The van der Waals surface area contributed by atoms with Crippen LogP contribution in [0.1, 0.15) is 10.4 Å². The molecule has 0 radical (unpaired) electrons. The number of rotatable bonds is 2. The molecular formula is C12H7Cl2FN2O. The lowest BCUT2D eigenvalue weighted by atomic mass is 10.2. The highest BCUT2D eigenvalue weighted by Gasteiger charge is 2.08. The van der Waals surface area contributed by atoms with Crippen LogP contribution in [0, 0.1) is 5.95 Å². The first kappa shape index (κ1) is 12.8. The van der Waals surface area contributed by atoms with Gasteiger partial charge in [-0.05, 0) is 30.3 Å². The van der Waals surface area contributed by atoms with Gasteiger partial charge in [-0.1, -0.05) is 23.2 Å². The van der Waals surface area contributed by atoms with Crippen molar-refractivity contribution >= 4 is 34.8 Å². The summed E-state index contributed by atoms with van der Waals surface area (Å²) < 4.78 is 12.6. The molecule has 0 aliphatic carbocycles. The molecule has 0 unspecified atom stereocenters. The Morgan fingerprint density at radius 2 is 1.94 bits per heavy atom. The monoisotopic (exact) mass is 284 g/mol. The molecule has 0 aliphatic rings. The lowest BCUT2D eigenvalue weighted by Gasteiger charge is -2.05. The zero-order valence-electron chi connectivity index (χ0n) is 8.95. The lowest BCUT2D eigenvalue weighted by Crippen LogP contribution is -2.12. The molecule has 2 rings (SSSR count). The van der Waals surface area contributed by atoms with Crippen molar-refractivity contribution in [3.8, 4) is 0 Å². The fraction of sp³-hybridized carbons (Fsp3) is 0. The van der Waals surface area contributed by atoms with Crippen LogP contribution < -0.4 is 5.32 Å². The molecule has 18 heavy (non-hydrogen) atoms. The third kappa shape index (κ3) is 2.97. The molecule has 1 amide bonds. The van der Waals surface area contributed by atoms with E-state index in [0.717, 1.165) is 6.07 Å². The van der Waals surface area contributed by atoms with Gasteiger partial charge in [0.1, 0.15) is 0 Å². The van der Waals surface area contributed by atoms with Crippen LogP contribution in [0.25, 0.3) is 0 Å². The van der Waals surface area contributed by atoms with Gasteiger partial charge in [0.25, 0.3) is 5.91 Å². The molecular weight excluding hydrogens is 278 g/mol. The van der Waals surface area contributed by atoms with E-state index in [1.54, 1.807) is 6.07 Å². The van der Waals surface area contributed by atoms with Crippen LogP contribution in [0.2, 0.25) is 10.0 Å². The first-order chi connectivity index (χ1) is 8.56. The zero-order valence-corrected chi connectivity index (χ0v) is 10.5. The Kier molecular flexibility index (Phi) is 3.79. The number of hydrogen-bond acceptors (Lipinski definition) is 2. The van der Waals surface area contributed by atoms with E-state index in [1.165, 1.54) is 24.4 Å². The van der Waals surface area contributed by atoms with Crippen LogP contribution in [-0.2, 0) is 0 Å². The maximum atomic E-state index is 12.6. The lowest BCUT2D eigenvalue weighted by molar-refractivity contribution is 0.102. The van der Waals surface area contributed by atoms with Crippen molar-refractivity contribution < 1.29 is 9.18 Å². The predicted molar refractivity (Wildman–Crippen MR) is 68.6 cm³/mol. The van der Waals surface area contributed by atoms with Crippen molar-refractivity contribution in [2.24, 2.45) is 0 Å². The third-order valence-corrected chi connectivity index (χ3v) is 2.91. The molecule has 0 fully saturated rings. The molecule has 3 nitrogen and oxygen atoms in total. The van der Waals surface area contributed by atoms with Crippen LogP contribution in [0.3, 0.4) is 0 Å². The number of halogens is 3. The number of aromatic nitrogens is 1. The molecule has 1 aromatic heterocycles. The minimum Gasteiger partial charge on any atom is -0.321 e. The molecule has 92 valence electrons. The van der Waals surface area contributed by atoms with E-state index in [2.05, 4.69) is 10.3 Å². The predicted octanol–water partition coefficient (Wildman–Crippen LogP) is 3.78. The fourth-order valence-electron chi connectivity index (χ4n) is 1.29. The standard InChI is InChI=1S/C12H7Cl2FN2O/c13-9-3-1-7(5-10(9)14)12(18)17-8-2-4-11(15)16-6-8/h1-6H,(H,17,18). The normalized spacial score (nSPS) is 10.2. The number of benzene rings is 1. The molecule has 1 N–H and O–H groups in total. The molecule has 0 atom stereocenters. The summed E-state index contributed by atoms with van der Waals surface area (Å²) in [5.41, 5.74) is 0.751. The number of carbonyl (C=O) groups is 1. The highest BCUT2D eigenvalue weighted by molar-refractivity contribution is 6.42. The second-order valence-electron chi connectivity index (χ2n) is 3.45. The quantitative estimate of drug-likeness (QED) is 0.853. The van der Waals surface area contributed by atoms with Gasteiger partial charge in [-0.25, -0.2) is 4.98 Å². The van der Waals surface area contributed by atoms with Gasteiger partial charge in [0.2, 0.25) is 5.95 Å². The molecule has 0 aliphatic heterocycles. The van der Waals surface area contributed by atoms with Crippen LogP contribution >= 0.6 is 23.2 Å². The maximum absolute atomic E-state index is 12.6. The van der Waals surface area contributed by atoms with Gasteiger partial charge in [0, 0.05) is 5.56 Å². The Labute approximate surface area is 113 Å². The smallest absolute Gasteiger partial charge is 0.255 e. The van der Waals surface area contributed by atoms with Crippen molar-refractivity contribution in [3.63, 3.8) is 0 Å². The molecule has 1 heterocycles. The maximum Gasteiger partial charge on any atom is 0.255 e. The Hall–Kier alpha value is -1.65. The second-order valence-corrected chi connectivity index (χ2v) is 4.27. The van der Waals surface area contributed by atoms with Gasteiger partial charge >= 0.3 is 0 Å². The first-order valence-electron chi connectivity index (χ1n) is 4.94. The summed E-state index contributed by atoms with van der Waals surface area (Å²) in [5.74, 6) is -0.982. The Bertz CT molecular complexity index is 587. The number of hydrogen-bond donors (Lipinski definition) is 1. The number of amides is 1. The van der Waals surface area contributed by atoms with E-state index in [0.29, 0.717) is 21.3 Å². The second kappa shape index (κ2) is 5.33. The van der Waals surface area contributed by atoms with Crippen LogP contribution in [0.4, 0.5) is 10.1 Å². The van der Waals surface area contributed by atoms with Crippen molar-refractivity contribution in [2.75, 3.05) is 5.32 Å². The molecule has 6 heteroatoms. The summed E-state index contributed by atoms with van der Waals surface area (Å²) in [4.78, 5) is 15.3. The van der Waals surface area contributed by atoms with Crippen molar-refractivity contribution in [1.29, 1.82) is 0 Å². The van der Waals surface area contributed by atoms with Crippen molar-refractivity contribution in [3.05, 3.63) is 58.1 Å². The first-order valence-corrected chi connectivity index (χ1v) is 5.70. The SMILES string of the molecule is O=C(Nc1ccc(F)nc1)c1ccc(Cl)c(Cl)c1. The summed E-state index contributed by atoms with van der Waals surface area (Å²) in [5, 5.41) is 3.23. The van der Waals surface area contributed by atoms with Gasteiger partial charge in [-0.15, -0.1) is 0 Å². The molecule has 0 bridgehead atoms. The van der Waals surface area contributed by atoms with Gasteiger partial charge in [0.15, 0.2) is 0 Å². The Morgan fingerprint density at radius 3 is 2.56 bits per heavy atom. The van der Waals surface area contributed by atoms with Crippen LogP contribution in [-0.4, -0.2) is 10.9 Å². The minimum atomic E-state index is -0.609. The number of nitrogens with one attached hydrogen (secondary N) is 1. The van der Waals surface area contributed by atoms with E-state index in [1.807, 2.05) is 0 Å². The van der Waals surface area contributed by atoms with E-state index >= 15 is 0 Å². The van der Waals surface area contributed by atoms with Crippen molar-refractivity contribution in [2.45, 2.75) is 0 Å². The summed E-state index contributed by atoms with van der Waals surface area (Å²) in [6.07, 6.45) is 1.23. The third-order valence-electron chi connectivity index (χ3n) is 2.17. The van der Waals surface area contributed by atoms with Crippen LogP contribution in [0.5, 0.6) is 0 Å². The van der Waals surface area contributed by atoms with Crippen LogP contribution in [0.15, 0.2) is 36.5 Å². The van der Waals surface area contributed by atoms with E-state index in [4.69, 9.17) is 23.2 Å². The number of nitrogens with zero attached hydrogens (tertiary/aromatic N) is 1. The summed E-state index contributed by atoms with van der Waals surface area (Å²) in [6, 6.07) is 7.10. The van der Waals surface area contributed by atoms with E-state index in [9.17, 15) is 9.18 Å². The summed E-state index contributed by atoms with van der Waals surface area (Å²) >= 11 is 11.6. The Balaban J connectivity index is 2.16. The number of pyridine rings is 1. The molecule has 1 aromatic carbocycles. The molecule has 0 saturated carbocycles. The average molecular weight is 285 g/mol. The van der Waals surface area contributed by atoms with Crippen molar-refractivity contribution in [1.82, 2.24) is 4.98 Å². The molecule has 0 spiro atoms. The van der Waals surface area contributed by atoms with Gasteiger partial charge < -0.3 is 5.32 Å². The van der Waals surface area contributed by atoms with Gasteiger partial charge in [-0.2, -0.15) is 4.39 Å². The van der Waals surface area contributed by atoms with E-state index in [-0.39, 0.29) is 5.91 Å². The highest BCUT2D eigenvalue weighted by Crippen LogP contribution is 2.23. The highest BCUT2D eigenvalue weighted by atomic mass is 35.5. The Morgan fingerprint density at radius 1 is 1.17 bits per heavy atom. The zero-order chi connectivity index (χ0) is 13.1. The van der Waals surface area contributed by atoms with Gasteiger partial charge in [0.05, 0.1) is 21.9 Å². The topological polar surface area (TPSA) is 42.0 Å². The minimum absolute atomic E-state index is 0.293. The fourth-order valence-corrected chi connectivity index (χ4v) is 1.59. The van der Waals surface area contributed by atoms with Gasteiger partial charge in [-0.3, -0.25) is 4.79 Å². The van der Waals surface area contributed by atoms with E-state index < -0.39 is 5.95 Å². The molecule has 2 aromatic rings. The average Bonchev–Trinajstić information content (AvgIpc) is 2.35. The molecule has 0 saturated heterocycles. The number of anilines is 1. The number of carbonyl (C=O) groups excluding carboxylic acids is 1.